The minimum absolute atomic E-state index is 0.0489. The van der Waals surface area contributed by atoms with Gasteiger partial charge in [-0.15, -0.1) is 0 Å². The molecular weight excluding hydrogens is 498 g/mol. The van der Waals surface area contributed by atoms with E-state index < -0.39 is 0 Å². The van der Waals surface area contributed by atoms with Gasteiger partial charge < -0.3 is 19.6 Å². The average molecular weight is 534 g/mol. The number of aromatic hydroxyl groups is 1. The minimum Gasteiger partial charge on any atom is -0.494 e. The average Bonchev–Trinajstić information content (AvgIpc) is 3.28. The molecule has 1 heterocycles. The molecule has 0 aliphatic rings. The topological polar surface area (TPSA) is 70.1 Å². The zero-order chi connectivity index (χ0) is 27.9. The van der Waals surface area contributed by atoms with E-state index in [1.54, 1.807) is 0 Å². The van der Waals surface area contributed by atoms with Crippen molar-refractivity contribution in [3.05, 3.63) is 119 Å². The molecule has 0 atom stereocenters. The van der Waals surface area contributed by atoms with Gasteiger partial charge in [0.1, 0.15) is 0 Å². The van der Waals surface area contributed by atoms with Gasteiger partial charge >= 0.3 is 0 Å². The van der Waals surface area contributed by atoms with E-state index >= 15 is 0 Å². The van der Waals surface area contributed by atoms with Crippen LogP contribution in [0.4, 0.5) is 5.69 Å². The smallest absolute Gasteiger partial charge is 0.199 e. The summed E-state index contributed by atoms with van der Waals surface area (Å²) in [6.07, 6.45) is 0. The van der Waals surface area contributed by atoms with Gasteiger partial charge in [-0.2, -0.15) is 0 Å². The van der Waals surface area contributed by atoms with Crippen LogP contribution in [0.2, 0.25) is 0 Å². The number of hydrogen-bond acceptors (Lipinski definition) is 5. The second-order valence-corrected chi connectivity index (χ2v) is 9.71. The zero-order valence-corrected chi connectivity index (χ0v) is 23.2. The standard InChI is InChI=1S/C34H35N3O3/c1-4-39-30-20-28-29(21-31(30)40-5-2)36-34(38)32(28)33(26-14-10-7-11-15-26)35-27-18-16-25(17-19-27)23-37(3)22-24-12-8-6-9-13-24/h6-21,36,38H,4-5,22-23H2,1-3H3. The van der Waals surface area contributed by atoms with Crippen molar-refractivity contribution in [1.29, 1.82) is 0 Å². The van der Waals surface area contributed by atoms with Crippen LogP contribution < -0.4 is 9.47 Å². The lowest BCUT2D eigenvalue weighted by Crippen LogP contribution is -2.17. The van der Waals surface area contributed by atoms with Crippen LogP contribution in [0.1, 0.15) is 36.1 Å². The fraction of sp³-hybridized carbons (Fsp3) is 0.206. The Morgan fingerprint density at radius 2 is 1.35 bits per heavy atom. The van der Waals surface area contributed by atoms with Gasteiger partial charge in [0.2, 0.25) is 0 Å². The summed E-state index contributed by atoms with van der Waals surface area (Å²) in [6.45, 7) is 6.60. The number of fused-ring (bicyclic) bond motifs is 1. The summed E-state index contributed by atoms with van der Waals surface area (Å²) in [5, 5.41) is 11.9. The minimum atomic E-state index is 0.0489. The first-order valence-corrected chi connectivity index (χ1v) is 13.7. The van der Waals surface area contributed by atoms with E-state index in [1.807, 2.05) is 74.5 Å². The van der Waals surface area contributed by atoms with E-state index in [0.29, 0.717) is 36.0 Å². The Morgan fingerprint density at radius 1 is 0.775 bits per heavy atom. The highest BCUT2D eigenvalue weighted by Gasteiger charge is 2.21. The molecule has 0 aliphatic heterocycles. The maximum atomic E-state index is 11.1. The molecule has 0 bridgehead atoms. The number of rotatable bonds is 11. The third-order valence-electron chi connectivity index (χ3n) is 6.65. The van der Waals surface area contributed by atoms with Gasteiger partial charge in [0.15, 0.2) is 17.4 Å². The summed E-state index contributed by atoms with van der Waals surface area (Å²) in [6, 6.07) is 32.5. The first-order valence-electron chi connectivity index (χ1n) is 13.7. The van der Waals surface area contributed by atoms with Crippen molar-refractivity contribution in [3.63, 3.8) is 0 Å². The molecule has 1 aromatic heterocycles. The van der Waals surface area contributed by atoms with E-state index in [0.717, 1.165) is 35.2 Å². The normalized spacial score (nSPS) is 11.8. The van der Waals surface area contributed by atoms with Crippen LogP contribution in [0.25, 0.3) is 10.9 Å². The molecule has 0 aliphatic carbocycles. The Hall–Kier alpha value is -4.55. The number of aromatic nitrogens is 1. The molecule has 6 nitrogen and oxygen atoms in total. The van der Waals surface area contributed by atoms with Gasteiger partial charge in [0, 0.05) is 30.1 Å². The Labute approximate surface area is 235 Å². The zero-order valence-electron chi connectivity index (χ0n) is 23.2. The second-order valence-electron chi connectivity index (χ2n) is 9.71. The van der Waals surface area contributed by atoms with Crippen molar-refractivity contribution in [1.82, 2.24) is 9.88 Å². The summed E-state index contributed by atoms with van der Waals surface area (Å²) in [5.41, 5.74) is 6.24. The fourth-order valence-electron chi connectivity index (χ4n) is 4.89. The molecule has 4 aromatic carbocycles. The lowest BCUT2D eigenvalue weighted by molar-refractivity contribution is 0.288. The van der Waals surface area contributed by atoms with E-state index in [2.05, 4.69) is 53.3 Å². The molecule has 5 aromatic rings. The number of aromatic amines is 1. The first-order chi connectivity index (χ1) is 19.6. The maximum absolute atomic E-state index is 11.1. The Balaban J connectivity index is 1.50. The Morgan fingerprint density at radius 3 is 1.98 bits per heavy atom. The summed E-state index contributed by atoms with van der Waals surface area (Å²) < 4.78 is 11.7. The van der Waals surface area contributed by atoms with Crippen molar-refractivity contribution in [2.45, 2.75) is 26.9 Å². The van der Waals surface area contributed by atoms with Gasteiger partial charge in [0.05, 0.1) is 35.7 Å². The van der Waals surface area contributed by atoms with Gasteiger partial charge in [-0.3, -0.25) is 4.90 Å². The summed E-state index contributed by atoms with van der Waals surface area (Å²) in [7, 11) is 2.12. The second kappa shape index (κ2) is 12.5. The molecule has 0 saturated heterocycles. The maximum Gasteiger partial charge on any atom is 0.199 e. The molecule has 0 amide bonds. The number of aliphatic imine (C=N–C) groups is 1. The predicted octanol–water partition coefficient (Wildman–Crippen LogP) is 7.47. The number of nitrogens with one attached hydrogen (secondary N) is 1. The van der Waals surface area contributed by atoms with Gasteiger partial charge in [-0.1, -0.05) is 72.8 Å². The molecule has 0 fully saturated rings. The van der Waals surface area contributed by atoms with Crippen molar-refractivity contribution in [2.75, 3.05) is 20.3 Å². The highest BCUT2D eigenvalue weighted by Crippen LogP contribution is 2.38. The van der Waals surface area contributed by atoms with E-state index in [1.165, 1.54) is 11.1 Å². The van der Waals surface area contributed by atoms with Gasteiger partial charge in [-0.25, -0.2) is 4.99 Å². The SMILES string of the molecule is CCOc1cc2[nH]c(O)c(C(=Nc3ccc(CN(C)Cc4ccccc4)cc3)c3ccccc3)c2cc1OCC. The number of nitrogens with zero attached hydrogens (tertiary/aromatic N) is 2. The predicted molar refractivity (Wildman–Crippen MR) is 162 cm³/mol. The number of H-pyrrole nitrogens is 1. The molecule has 0 unspecified atom stereocenters. The molecule has 2 N–H and O–H groups in total. The van der Waals surface area contributed by atoms with Crippen LogP contribution in [-0.2, 0) is 13.1 Å². The van der Waals surface area contributed by atoms with Crippen molar-refractivity contribution >= 4 is 22.3 Å². The summed E-state index contributed by atoms with van der Waals surface area (Å²) in [4.78, 5) is 10.5. The molecule has 0 radical (unpaired) electrons. The molecule has 40 heavy (non-hydrogen) atoms. The van der Waals surface area contributed by atoms with Gasteiger partial charge in [0.25, 0.3) is 0 Å². The van der Waals surface area contributed by atoms with Crippen molar-refractivity contribution in [2.24, 2.45) is 4.99 Å². The number of benzene rings is 4. The lowest BCUT2D eigenvalue weighted by atomic mass is 10.0. The molecule has 0 saturated carbocycles. The first kappa shape index (κ1) is 27.0. The molecule has 204 valence electrons. The third kappa shape index (κ3) is 6.19. The molecule has 5 rings (SSSR count). The Kier molecular flexibility index (Phi) is 8.47. The van der Waals surface area contributed by atoms with E-state index in [-0.39, 0.29) is 5.88 Å². The quantitative estimate of drug-likeness (QED) is 0.173. The number of hydrogen-bond donors (Lipinski definition) is 2. The third-order valence-corrected chi connectivity index (χ3v) is 6.65. The molecular formula is C34H35N3O3. The summed E-state index contributed by atoms with van der Waals surface area (Å²) in [5.74, 6) is 1.32. The van der Waals surface area contributed by atoms with E-state index in [9.17, 15) is 5.11 Å². The largest absolute Gasteiger partial charge is 0.494 e. The van der Waals surface area contributed by atoms with E-state index in [4.69, 9.17) is 14.5 Å². The lowest BCUT2D eigenvalue weighted by Gasteiger charge is -2.17. The summed E-state index contributed by atoms with van der Waals surface area (Å²) >= 11 is 0. The fourth-order valence-corrected chi connectivity index (χ4v) is 4.89. The Bertz CT molecular complexity index is 1580. The van der Waals surface area contributed by atoms with Crippen LogP contribution in [0.5, 0.6) is 17.4 Å². The highest BCUT2D eigenvalue weighted by molar-refractivity contribution is 6.22. The van der Waals surface area contributed by atoms with Crippen molar-refractivity contribution in [3.8, 4) is 17.4 Å². The van der Waals surface area contributed by atoms with Crippen LogP contribution in [0.15, 0.2) is 102 Å². The van der Waals surface area contributed by atoms with Crippen LogP contribution in [-0.4, -0.2) is 41.0 Å². The molecule has 6 heteroatoms. The highest BCUT2D eigenvalue weighted by atomic mass is 16.5. The van der Waals surface area contributed by atoms with Crippen molar-refractivity contribution < 1.29 is 14.6 Å². The number of ether oxygens (including phenoxy) is 2. The van der Waals surface area contributed by atoms with Crippen LogP contribution >= 0.6 is 0 Å². The molecule has 0 spiro atoms. The van der Waals surface area contributed by atoms with Crippen LogP contribution in [0, 0.1) is 0 Å². The van der Waals surface area contributed by atoms with Gasteiger partial charge in [-0.05, 0) is 50.2 Å². The monoisotopic (exact) mass is 533 g/mol. The van der Waals surface area contributed by atoms with Crippen LogP contribution in [0.3, 0.4) is 0 Å².